The number of nitrogens with two attached hydrogens (primary N) is 1. The van der Waals surface area contributed by atoms with Crippen LogP contribution in [0.1, 0.15) is 34.1 Å². The molecule has 0 bridgehead atoms. The highest BCUT2D eigenvalue weighted by atomic mass is 35.5. The van der Waals surface area contributed by atoms with E-state index in [9.17, 15) is 9.59 Å². The van der Waals surface area contributed by atoms with Crippen molar-refractivity contribution in [3.63, 3.8) is 0 Å². The Morgan fingerprint density at radius 3 is 2.70 bits per heavy atom. The van der Waals surface area contributed by atoms with Crippen molar-refractivity contribution in [1.82, 2.24) is 9.97 Å². The first-order chi connectivity index (χ1) is 11.0. The zero-order valence-corrected chi connectivity index (χ0v) is 14.2. The number of rotatable bonds is 6. The van der Waals surface area contributed by atoms with E-state index in [-0.39, 0.29) is 22.3 Å². The van der Waals surface area contributed by atoms with Crippen LogP contribution in [0.5, 0.6) is 0 Å². The van der Waals surface area contributed by atoms with Crippen LogP contribution in [0.2, 0.25) is 5.15 Å². The van der Waals surface area contributed by atoms with Crippen molar-refractivity contribution in [1.29, 1.82) is 0 Å². The normalized spacial score (nSPS) is 10.4. The van der Waals surface area contributed by atoms with E-state index in [1.807, 2.05) is 0 Å². The first kappa shape index (κ1) is 17.2. The van der Waals surface area contributed by atoms with Crippen LogP contribution in [0.4, 0.5) is 11.5 Å². The van der Waals surface area contributed by atoms with Crippen molar-refractivity contribution in [3.8, 4) is 0 Å². The molecule has 1 heterocycles. The lowest BCUT2D eigenvalue weighted by Gasteiger charge is -2.12. The summed E-state index contributed by atoms with van der Waals surface area (Å²) in [4.78, 5) is 31.6. The summed E-state index contributed by atoms with van der Waals surface area (Å²) in [6.45, 7) is 1.79. The molecule has 6 nitrogen and oxygen atoms in total. The highest BCUT2D eigenvalue weighted by Gasteiger charge is 2.18. The Morgan fingerprint density at radius 1 is 1.35 bits per heavy atom. The van der Waals surface area contributed by atoms with E-state index in [1.165, 1.54) is 11.8 Å². The number of amides is 1. The molecule has 0 radical (unpaired) electrons. The molecular weight excluding hydrogens is 336 g/mol. The van der Waals surface area contributed by atoms with Crippen LogP contribution in [0, 0.1) is 0 Å². The number of anilines is 2. The van der Waals surface area contributed by atoms with Crippen LogP contribution in [0.3, 0.4) is 0 Å². The molecule has 8 heteroatoms. The summed E-state index contributed by atoms with van der Waals surface area (Å²) >= 11 is 7.31. The summed E-state index contributed by atoms with van der Waals surface area (Å²) in [5, 5.41) is 3.38. The molecule has 1 amide bonds. The van der Waals surface area contributed by atoms with Crippen molar-refractivity contribution in [2.45, 2.75) is 18.5 Å². The van der Waals surface area contributed by atoms with E-state index in [0.29, 0.717) is 22.8 Å². The summed E-state index contributed by atoms with van der Waals surface area (Å²) in [6, 6.07) is 6.91. The third-order valence-electron chi connectivity index (χ3n) is 3.04. The van der Waals surface area contributed by atoms with Gasteiger partial charge in [-0.2, -0.15) is 0 Å². The molecule has 3 N–H and O–H groups in total. The monoisotopic (exact) mass is 350 g/mol. The summed E-state index contributed by atoms with van der Waals surface area (Å²) < 4.78 is 0. The number of benzene rings is 1. The van der Waals surface area contributed by atoms with Gasteiger partial charge in [-0.15, -0.1) is 0 Å². The number of nitrogens with zero attached hydrogens (tertiary/aromatic N) is 2. The van der Waals surface area contributed by atoms with E-state index in [4.69, 9.17) is 17.3 Å². The van der Waals surface area contributed by atoms with Crippen LogP contribution in [0.25, 0.3) is 0 Å². The number of hydrogen-bond donors (Lipinski definition) is 2. The number of thioether (sulfide) groups is 1. The van der Waals surface area contributed by atoms with E-state index in [1.54, 1.807) is 37.4 Å². The second-order valence-corrected chi connectivity index (χ2v) is 5.70. The molecule has 120 valence electrons. The lowest BCUT2D eigenvalue weighted by atomic mass is 10.1. The van der Waals surface area contributed by atoms with Crippen molar-refractivity contribution in [2.75, 3.05) is 11.6 Å². The van der Waals surface area contributed by atoms with Crippen LogP contribution < -0.4 is 11.1 Å². The van der Waals surface area contributed by atoms with Gasteiger partial charge in [0.1, 0.15) is 16.5 Å². The number of carbonyl (C=O) groups is 2. The Kier molecular flexibility index (Phi) is 5.57. The van der Waals surface area contributed by atoms with Gasteiger partial charge in [-0.25, -0.2) is 9.97 Å². The molecule has 0 aliphatic rings. The van der Waals surface area contributed by atoms with E-state index in [2.05, 4.69) is 15.3 Å². The summed E-state index contributed by atoms with van der Waals surface area (Å²) in [7, 11) is 0. The third-order valence-corrected chi connectivity index (χ3v) is 3.86. The lowest BCUT2D eigenvalue weighted by molar-refractivity contribution is 0.0984. The Labute approximate surface area is 142 Å². The number of halogens is 1. The zero-order chi connectivity index (χ0) is 17.0. The third kappa shape index (κ3) is 4.00. The van der Waals surface area contributed by atoms with E-state index < -0.39 is 5.91 Å². The van der Waals surface area contributed by atoms with Gasteiger partial charge in [0, 0.05) is 17.7 Å². The standard InChI is InChI=1S/C15H15ClN4O2S/c1-3-10(21)8-5-4-6-9(7-8)18-14-11(13(17)22)12(16)19-15(20-14)23-2/h4-7H,3H2,1-2H3,(H2,17,22)(H,18,19,20). The highest BCUT2D eigenvalue weighted by Crippen LogP contribution is 2.27. The van der Waals surface area contributed by atoms with E-state index in [0.717, 1.165) is 0 Å². The van der Waals surface area contributed by atoms with Crippen LogP contribution >= 0.6 is 23.4 Å². The number of hydrogen-bond acceptors (Lipinski definition) is 6. The molecule has 0 atom stereocenters. The number of Topliss-reactive ketones (excluding diaryl/α,β-unsaturated/α-hetero) is 1. The van der Waals surface area contributed by atoms with Gasteiger partial charge in [-0.05, 0) is 18.4 Å². The topological polar surface area (TPSA) is 98.0 Å². The average Bonchev–Trinajstić information content (AvgIpc) is 2.53. The zero-order valence-electron chi connectivity index (χ0n) is 12.6. The van der Waals surface area contributed by atoms with Gasteiger partial charge in [-0.3, -0.25) is 9.59 Å². The summed E-state index contributed by atoms with van der Waals surface area (Å²) in [6.07, 6.45) is 2.20. The van der Waals surface area contributed by atoms with Gasteiger partial charge in [0.15, 0.2) is 10.9 Å². The molecule has 0 fully saturated rings. The minimum Gasteiger partial charge on any atom is -0.365 e. The first-order valence-electron chi connectivity index (χ1n) is 6.77. The lowest BCUT2D eigenvalue weighted by Crippen LogP contribution is -2.16. The fourth-order valence-corrected chi connectivity index (χ4v) is 2.60. The molecule has 0 unspecified atom stereocenters. The number of carbonyl (C=O) groups excluding carboxylic acids is 2. The molecule has 23 heavy (non-hydrogen) atoms. The fourth-order valence-electron chi connectivity index (χ4n) is 1.93. The van der Waals surface area contributed by atoms with Crippen molar-refractivity contribution in [2.24, 2.45) is 5.73 Å². The average molecular weight is 351 g/mol. The second kappa shape index (κ2) is 7.43. The van der Waals surface area contributed by atoms with Crippen LogP contribution in [0.15, 0.2) is 29.4 Å². The Hall–Kier alpha value is -2.12. The number of primary amides is 1. The molecule has 1 aromatic carbocycles. The van der Waals surface area contributed by atoms with Gasteiger partial charge in [0.25, 0.3) is 5.91 Å². The molecule has 0 aliphatic carbocycles. The molecule has 0 saturated heterocycles. The van der Waals surface area contributed by atoms with Crippen LogP contribution in [-0.2, 0) is 0 Å². The molecule has 2 rings (SSSR count). The maximum atomic E-state index is 11.8. The number of aromatic nitrogens is 2. The first-order valence-corrected chi connectivity index (χ1v) is 8.38. The smallest absolute Gasteiger partial charge is 0.255 e. The maximum absolute atomic E-state index is 11.8. The van der Waals surface area contributed by atoms with Crippen molar-refractivity contribution in [3.05, 3.63) is 40.5 Å². The molecule has 0 aliphatic heterocycles. The Bertz CT molecular complexity index is 767. The molecule has 2 aromatic rings. The predicted octanol–water partition coefficient (Wildman–Crippen LogP) is 3.29. The van der Waals surface area contributed by atoms with Gasteiger partial charge < -0.3 is 11.1 Å². The molecular formula is C15H15ClN4O2S. The SMILES string of the molecule is CCC(=O)c1cccc(Nc2nc(SC)nc(Cl)c2C(N)=O)c1. The summed E-state index contributed by atoms with van der Waals surface area (Å²) in [5.74, 6) is -0.497. The summed E-state index contributed by atoms with van der Waals surface area (Å²) in [5.41, 5.74) is 6.54. The molecule has 1 aromatic heterocycles. The minimum atomic E-state index is -0.731. The van der Waals surface area contributed by atoms with Gasteiger partial charge in [-0.1, -0.05) is 42.4 Å². The largest absolute Gasteiger partial charge is 0.365 e. The number of nitrogens with one attached hydrogen (secondary N) is 1. The second-order valence-electron chi connectivity index (χ2n) is 4.57. The van der Waals surface area contributed by atoms with Gasteiger partial charge in [0.2, 0.25) is 0 Å². The quantitative estimate of drug-likeness (QED) is 0.359. The Balaban J connectivity index is 2.45. The van der Waals surface area contributed by atoms with Gasteiger partial charge >= 0.3 is 0 Å². The maximum Gasteiger partial charge on any atom is 0.255 e. The highest BCUT2D eigenvalue weighted by molar-refractivity contribution is 7.98. The van der Waals surface area contributed by atoms with Crippen molar-refractivity contribution < 1.29 is 9.59 Å². The fraction of sp³-hybridized carbons (Fsp3) is 0.200. The minimum absolute atomic E-state index is 0.0108. The van der Waals surface area contributed by atoms with Crippen molar-refractivity contribution >= 4 is 46.6 Å². The van der Waals surface area contributed by atoms with Gasteiger partial charge in [0.05, 0.1) is 0 Å². The molecule has 0 spiro atoms. The van der Waals surface area contributed by atoms with E-state index >= 15 is 0 Å². The number of ketones is 1. The molecule has 0 saturated carbocycles. The predicted molar refractivity (Wildman–Crippen MR) is 91.7 cm³/mol. The Morgan fingerprint density at radius 2 is 2.09 bits per heavy atom. The van der Waals surface area contributed by atoms with Crippen LogP contribution in [-0.4, -0.2) is 27.9 Å².